The van der Waals surface area contributed by atoms with Crippen LogP contribution >= 0.6 is 11.8 Å². The van der Waals surface area contributed by atoms with Gasteiger partial charge in [0.25, 0.3) is 0 Å². The van der Waals surface area contributed by atoms with E-state index in [1.54, 1.807) is 23.9 Å². The van der Waals surface area contributed by atoms with Crippen molar-refractivity contribution >= 4 is 17.7 Å². The fourth-order valence-electron chi connectivity index (χ4n) is 2.20. The lowest BCUT2D eigenvalue weighted by Gasteiger charge is -2.24. The Morgan fingerprint density at radius 1 is 1.37 bits per heavy atom. The topological polar surface area (TPSA) is 24.8 Å². The van der Waals surface area contributed by atoms with Gasteiger partial charge in [-0.15, -0.1) is 11.8 Å². The van der Waals surface area contributed by atoms with Gasteiger partial charge in [-0.05, 0) is 17.7 Å². The van der Waals surface area contributed by atoms with Crippen molar-refractivity contribution in [2.45, 2.75) is 11.8 Å². The van der Waals surface area contributed by atoms with Crippen LogP contribution < -0.4 is 4.90 Å². The van der Waals surface area contributed by atoms with Crippen molar-refractivity contribution in [1.29, 1.82) is 0 Å². The summed E-state index contributed by atoms with van der Waals surface area (Å²) >= 11 is 1.62. The van der Waals surface area contributed by atoms with Crippen molar-refractivity contribution in [3.63, 3.8) is 0 Å². The van der Waals surface area contributed by atoms with Gasteiger partial charge in [-0.2, -0.15) is 0 Å². The fraction of sp³-hybridized carbons (Fsp3) is 0.500. The molecular formula is C14H20FN2OS+. The summed E-state index contributed by atoms with van der Waals surface area (Å²) in [5.74, 6) is 0.477. The highest BCUT2D eigenvalue weighted by molar-refractivity contribution is 8.00. The first-order valence-corrected chi connectivity index (χ1v) is 7.58. The van der Waals surface area contributed by atoms with E-state index in [1.165, 1.54) is 17.0 Å². The van der Waals surface area contributed by atoms with Gasteiger partial charge in [0.2, 0.25) is 5.91 Å². The Kier molecular flexibility index (Phi) is 4.82. The molecule has 1 aromatic carbocycles. The molecule has 1 fully saturated rings. The van der Waals surface area contributed by atoms with E-state index in [1.807, 2.05) is 4.90 Å². The molecule has 1 amide bonds. The average molecular weight is 283 g/mol. The second-order valence-corrected chi connectivity index (χ2v) is 6.18. The summed E-state index contributed by atoms with van der Waals surface area (Å²) in [6, 6.07) is 6.47. The van der Waals surface area contributed by atoms with Crippen molar-refractivity contribution in [3.05, 3.63) is 35.6 Å². The Morgan fingerprint density at radius 3 is 2.68 bits per heavy atom. The Bertz CT molecular complexity index is 436. The molecule has 0 bridgehead atoms. The van der Waals surface area contributed by atoms with E-state index >= 15 is 0 Å². The van der Waals surface area contributed by atoms with Crippen LogP contribution in [0.2, 0.25) is 0 Å². The number of hydrogen-bond donors (Lipinski definition) is 1. The van der Waals surface area contributed by atoms with E-state index in [2.05, 4.69) is 14.1 Å². The molecule has 1 saturated heterocycles. The minimum atomic E-state index is -0.235. The van der Waals surface area contributed by atoms with Crippen LogP contribution in [0.5, 0.6) is 0 Å². The Hall–Kier alpha value is -1.07. The molecule has 104 valence electrons. The third kappa shape index (κ3) is 3.70. The van der Waals surface area contributed by atoms with Gasteiger partial charge in [0.05, 0.1) is 26.4 Å². The summed E-state index contributed by atoms with van der Waals surface area (Å²) in [5.41, 5.74) is 1.01. The predicted octanol–water partition coefficient (Wildman–Crippen LogP) is 0.934. The molecule has 19 heavy (non-hydrogen) atoms. The number of hydrogen-bond acceptors (Lipinski definition) is 2. The molecule has 0 radical (unpaired) electrons. The van der Waals surface area contributed by atoms with Gasteiger partial charge in [-0.1, -0.05) is 12.1 Å². The Labute approximate surface area is 117 Å². The highest BCUT2D eigenvalue weighted by Gasteiger charge is 2.32. The zero-order valence-electron chi connectivity index (χ0n) is 11.4. The van der Waals surface area contributed by atoms with E-state index in [0.717, 1.165) is 25.1 Å². The number of carbonyl (C=O) groups is 1. The maximum absolute atomic E-state index is 12.9. The van der Waals surface area contributed by atoms with E-state index in [9.17, 15) is 9.18 Å². The number of rotatable bonds is 5. The number of nitrogens with zero attached hydrogens (tertiary/aromatic N) is 1. The number of halogens is 1. The number of nitrogens with one attached hydrogen (secondary N) is 1. The van der Waals surface area contributed by atoms with Crippen LogP contribution in [0.4, 0.5) is 4.39 Å². The minimum absolute atomic E-state index is 0.0465. The van der Waals surface area contributed by atoms with E-state index in [4.69, 9.17) is 0 Å². The molecule has 1 atom stereocenters. The number of quaternary nitrogens is 1. The van der Waals surface area contributed by atoms with Crippen LogP contribution in [0.15, 0.2) is 24.3 Å². The second-order valence-electron chi connectivity index (χ2n) is 5.11. The largest absolute Gasteiger partial charge is 0.340 e. The van der Waals surface area contributed by atoms with Crippen molar-refractivity contribution in [1.82, 2.24) is 4.90 Å². The number of thioether (sulfide) groups is 1. The van der Waals surface area contributed by atoms with Crippen molar-refractivity contribution < 1.29 is 14.1 Å². The summed E-state index contributed by atoms with van der Waals surface area (Å²) in [6.07, 6.45) is 0.992. The molecule has 1 heterocycles. The molecule has 2 rings (SSSR count). The molecule has 3 nitrogen and oxygen atoms in total. The van der Waals surface area contributed by atoms with Crippen LogP contribution in [0.3, 0.4) is 0 Å². The van der Waals surface area contributed by atoms with Gasteiger partial charge in [0.15, 0.2) is 0 Å². The van der Waals surface area contributed by atoms with Gasteiger partial charge in [-0.3, -0.25) is 4.79 Å². The highest BCUT2D eigenvalue weighted by atomic mass is 32.2. The third-order valence-corrected chi connectivity index (χ3v) is 4.46. The molecule has 1 aliphatic heterocycles. The van der Waals surface area contributed by atoms with Crippen LogP contribution in [0.25, 0.3) is 0 Å². The number of benzene rings is 1. The van der Waals surface area contributed by atoms with Crippen LogP contribution in [0.1, 0.15) is 17.4 Å². The van der Waals surface area contributed by atoms with Crippen LogP contribution in [0, 0.1) is 5.82 Å². The average Bonchev–Trinajstić information content (AvgIpc) is 2.72. The molecule has 0 saturated carbocycles. The Morgan fingerprint density at radius 2 is 2.05 bits per heavy atom. The molecule has 1 N–H and O–H groups in total. The normalized spacial score (nSPS) is 19.5. The molecular weight excluding hydrogens is 263 g/mol. The number of amides is 1. The SMILES string of the molecule is C[NH+](C)CCCN1C(=O)CS[C@@H]1c1ccc(F)cc1. The van der Waals surface area contributed by atoms with Crippen LogP contribution in [-0.2, 0) is 4.79 Å². The van der Waals surface area contributed by atoms with Gasteiger partial charge in [0, 0.05) is 13.0 Å². The fourth-order valence-corrected chi connectivity index (χ4v) is 3.42. The van der Waals surface area contributed by atoms with Crippen LogP contribution in [-0.4, -0.2) is 43.7 Å². The van der Waals surface area contributed by atoms with Crippen molar-refractivity contribution in [3.8, 4) is 0 Å². The molecule has 0 unspecified atom stereocenters. The quantitative estimate of drug-likeness (QED) is 0.870. The second kappa shape index (κ2) is 6.39. The van der Waals surface area contributed by atoms with Gasteiger partial charge < -0.3 is 9.80 Å². The summed E-state index contributed by atoms with van der Waals surface area (Å²) in [7, 11) is 4.22. The lowest BCUT2D eigenvalue weighted by atomic mass is 10.2. The predicted molar refractivity (Wildman–Crippen MR) is 75.6 cm³/mol. The Balaban J connectivity index is 2.02. The molecule has 0 aliphatic carbocycles. The minimum Gasteiger partial charge on any atom is -0.340 e. The first-order chi connectivity index (χ1) is 9.08. The molecule has 0 spiro atoms. The standard InChI is InChI=1S/C14H19FN2OS/c1-16(2)8-3-9-17-13(18)10-19-14(17)11-4-6-12(15)7-5-11/h4-7,14H,3,8-10H2,1-2H3/p+1/t14-/m1/s1. The van der Waals surface area contributed by atoms with Crippen molar-refractivity contribution in [2.75, 3.05) is 32.9 Å². The zero-order chi connectivity index (χ0) is 13.8. The first kappa shape index (κ1) is 14.3. The molecule has 5 heteroatoms. The first-order valence-electron chi connectivity index (χ1n) is 6.53. The molecule has 0 aromatic heterocycles. The zero-order valence-corrected chi connectivity index (χ0v) is 12.2. The van der Waals surface area contributed by atoms with E-state index in [0.29, 0.717) is 5.75 Å². The lowest BCUT2D eigenvalue weighted by molar-refractivity contribution is -0.858. The summed E-state index contributed by atoms with van der Waals surface area (Å²) in [6.45, 7) is 1.82. The lowest BCUT2D eigenvalue weighted by Crippen LogP contribution is -3.05. The number of carbonyl (C=O) groups excluding carboxylic acids is 1. The van der Waals surface area contributed by atoms with Gasteiger partial charge >= 0.3 is 0 Å². The van der Waals surface area contributed by atoms with E-state index in [-0.39, 0.29) is 17.1 Å². The maximum Gasteiger partial charge on any atom is 0.233 e. The smallest absolute Gasteiger partial charge is 0.233 e. The van der Waals surface area contributed by atoms with E-state index < -0.39 is 0 Å². The van der Waals surface area contributed by atoms with Gasteiger partial charge in [-0.25, -0.2) is 4.39 Å². The monoisotopic (exact) mass is 283 g/mol. The van der Waals surface area contributed by atoms with Crippen molar-refractivity contribution in [2.24, 2.45) is 0 Å². The van der Waals surface area contributed by atoms with Gasteiger partial charge in [0.1, 0.15) is 11.2 Å². The third-order valence-electron chi connectivity index (χ3n) is 3.20. The maximum atomic E-state index is 12.9. The molecule has 1 aromatic rings. The molecule has 1 aliphatic rings. The highest BCUT2D eigenvalue weighted by Crippen LogP contribution is 2.38. The summed E-state index contributed by atoms with van der Waals surface area (Å²) in [4.78, 5) is 15.2. The summed E-state index contributed by atoms with van der Waals surface area (Å²) in [5, 5.41) is 0.0465. The summed E-state index contributed by atoms with van der Waals surface area (Å²) < 4.78 is 12.9.